The standard InChI is InChI=1S/C22H21FN4O3/c23-16-7-5-14(6-8-16)15-9-24-26(10-15)13-20(28)25-11-17(12-25)27-21(29)18-3-1-2-4-19(18)22(27)30/h1-2,5-10,17-19H,3-4,11-13H2. The zero-order valence-electron chi connectivity index (χ0n) is 16.3. The number of allylic oxidation sites excluding steroid dienone is 2. The molecule has 3 amide bonds. The third-order valence-corrected chi connectivity index (χ3v) is 6.23. The minimum Gasteiger partial charge on any atom is -0.337 e. The number of fused-ring (bicyclic) bond motifs is 1. The molecule has 0 radical (unpaired) electrons. The lowest BCUT2D eigenvalue weighted by Crippen LogP contribution is -2.63. The molecule has 0 N–H and O–H groups in total. The van der Waals surface area contributed by atoms with E-state index in [4.69, 9.17) is 0 Å². The quantitative estimate of drug-likeness (QED) is 0.572. The highest BCUT2D eigenvalue weighted by molar-refractivity contribution is 6.06. The molecule has 1 aromatic carbocycles. The van der Waals surface area contributed by atoms with Crippen LogP contribution in [0.5, 0.6) is 0 Å². The summed E-state index contributed by atoms with van der Waals surface area (Å²) < 4.78 is 14.6. The van der Waals surface area contributed by atoms with Crippen LogP contribution in [0.1, 0.15) is 12.8 Å². The van der Waals surface area contributed by atoms with E-state index in [2.05, 4.69) is 5.10 Å². The Kier molecular flexibility index (Phi) is 4.49. The summed E-state index contributed by atoms with van der Waals surface area (Å²) in [6.45, 7) is 0.815. The Morgan fingerprint density at radius 2 is 1.63 bits per heavy atom. The number of likely N-dealkylation sites (tertiary alicyclic amines) is 2. The largest absolute Gasteiger partial charge is 0.337 e. The second-order valence-corrected chi connectivity index (χ2v) is 8.09. The predicted molar refractivity (Wildman–Crippen MR) is 105 cm³/mol. The summed E-state index contributed by atoms with van der Waals surface area (Å²) in [6.07, 6.45) is 8.56. The minimum absolute atomic E-state index is 0.0744. The van der Waals surface area contributed by atoms with Gasteiger partial charge in [0.1, 0.15) is 12.4 Å². The first-order chi connectivity index (χ1) is 14.5. The number of rotatable bonds is 4. The van der Waals surface area contributed by atoms with E-state index in [-0.39, 0.29) is 48.0 Å². The Hall–Kier alpha value is -3.29. The normalized spacial score (nSPS) is 23.6. The molecule has 1 aliphatic carbocycles. The van der Waals surface area contributed by atoms with Gasteiger partial charge in [-0.1, -0.05) is 24.3 Å². The summed E-state index contributed by atoms with van der Waals surface area (Å²) in [5.41, 5.74) is 1.62. The SMILES string of the molecule is O=C(Cn1cc(-c2ccc(F)cc2)cn1)N1CC(N2C(=O)C3CC=CCC3C2=O)C1. The molecule has 5 rings (SSSR count). The van der Waals surface area contributed by atoms with Crippen LogP contribution in [0.3, 0.4) is 0 Å². The fraction of sp³-hybridized carbons (Fsp3) is 0.364. The van der Waals surface area contributed by atoms with E-state index in [0.29, 0.717) is 25.9 Å². The molecule has 2 aliphatic heterocycles. The summed E-state index contributed by atoms with van der Waals surface area (Å²) in [6, 6.07) is 5.86. The fourth-order valence-corrected chi connectivity index (χ4v) is 4.49. The van der Waals surface area contributed by atoms with Crippen molar-refractivity contribution in [2.45, 2.75) is 25.4 Å². The molecule has 0 bridgehead atoms. The fourth-order valence-electron chi connectivity index (χ4n) is 4.49. The Morgan fingerprint density at radius 1 is 1.00 bits per heavy atom. The third kappa shape index (κ3) is 3.12. The van der Waals surface area contributed by atoms with Crippen LogP contribution >= 0.6 is 0 Å². The molecular formula is C22H21FN4O3. The Morgan fingerprint density at radius 3 is 2.27 bits per heavy atom. The smallest absolute Gasteiger partial charge is 0.244 e. The lowest BCUT2D eigenvalue weighted by molar-refractivity contribution is -0.153. The van der Waals surface area contributed by atoms with Crippen molar-refractivity contribution in [1.82, 2.24) is 19.6 Å². The molecular weight excluding hydrogens is 387 g/mol. The summed E-state index contributed by atoms with van der Waals surface area (Å²) in [5, 5.41) is 4.22. The molecule has 2 saturated heterocycles. The molecule has 7 nitrogen and oxygen atoms in total. The molecule has 2 atom stereocenters. The number of hydrogen-bond acceptors (Lipinski definition) is 4. The van der Waals surface area contributed by atoms with Gasteiger partial charge in [0.05, 0.1) is 24.1 Å². The lowest BCUT2D eigenvalue weighted by atomic mass is 9.85. The summed E-state index contributed by atoms with van der Waals surface area (Å²) in [4.78, 5) is 40.9. The number of amides is 3. The number of imide groups is 1. The van der Waals surface area contributed by atoms with E-state index < -0.39 is 0 Å². The van der Waals surface area contributed by atoms with Gasteiger partial charge in [0.15, 0.2) is 0 Å². The van der Waals surface area contributed by atoms with Crippen LogP contribution in [0, 0.1) is 17.7 Å². The van der Waals surface area contributed by atoms with Gasteiger partial charge in [0.25, 0.3) is 0 Å². The third-order valence-electron chi connectivity index (χ3n) is 6.23. The van der Waals surface area contributed by atoms with Crippen molar-refractivity contribution < 1.29 is 18.8 Å². The van der Waals surface area contributed by atoms with Crippen LogP contribution < -0.4 is 0 Å². The minimum atomic E-state index is -0.306. The van der Waals surface area contributed by atoms with Gasteiger partial charge in [-0.15, -0.1) is 0 Å². The van der Waals surface area contributed by atoms with Crippen LogP contribution in [0.4, 0.5) is 4.39 Å². The van der Waals surface area contributed by atoms with Crippen molar-refractivity contribution in [3.8, 4) is 11.1 Å². The lowest BCUT2D eigenvalue weighted by Gasteiger charge is -2.43. The van der Waals surface area contributed by atoms with E-state index in [0.717, 1.165) is 11.1 Å². The molecule has 8 heteroatoms. The Bertz CT molecular complexity index is 1010. The predicted octanol–water partition coefficient (Wildman–Crippen LogP) is 1.85. The Labute approximate surface area is 172 Å². The molecule has 2 fully saturated rings. The van der Waals surface area contributed by atoms with E-state index in [9.17, 15) is 18.8 Å². The maximum absolute atomic E-state index is 13.1. The van der Waals surface area contributed by atoms with Gasteiger partial charge in [-0.2, -0.15) is 5.10 Å². The van der Waals surface area contributed by atoms with Crippen molar-refractivity contribution in [2.24, 2.45) is 11.8 Å². The van der Waals surface area contributed by atoms with Gasteiger partial charge >= 0.3 is 0 Å². The zero-order valence-corrected chi connectivity index (χ0v) is 16.3. The van der Waals surface area contributed by atoms with Crippen LogP contribution in [-0.2, 0) is 20.9 Å². The second-order valence-electron chi connectivity index (χ2n) is 8.09. The van der Waals surface area contributed by atoms with E-state index >= 15 is 0 Å². The molecule has 3 heterocycles. The molecule has 2 aromatic rings. The van der Waals surface area contributed by atoms with E-state index in [1.165, 1.54) is 17.0 Å². The molecule has 0 saturated carbocycles. The molecule has 0 spiro atoms. The van der Waals surface area contributed by atoms with Gasteiger partial charge in [-0.3, -0.25) is 24.0 Å². The summed E-state index contributed by atoms with van der Waals surface area (Å²) >= 11 is 0. The number of halogens is 1. The topological polar surface area (TPSA) is 75.5 Å². The van der Waals surface area contributed by atoms with Gasteiger partial charge in [-0.05, 0) is 30.5 Å². The first-order valence-corrected chi connectivity index (χ1v) is 10.1. The van der Waals surface area contributed by atoms with Gasteiger partial charge < -0.3 is 4.90 Å². The molecule has 3 aliphatic rings. The van der Waals surface area contributed by atoms with Crippen molar-refractivity contribution in [2.75, 3.05) is 13.1 Å². The van der Waals surface area contributed by atoms with Crippen molar-refractivity contribution in [3.63, 3.8) is 0 Å². The van der Waals surface area contributed by atoms with E-state index in [1.807, 2.05) is 12.2 Å². The maximum Gasteiger partial charge on any atom is 0.244 e. The molecule has 30 heavy (non-hydrogen) atoms. The van der Waals surface area contributed by atoms with Crippen LogP contribution in [-0.4, -0.2) is 56.4 Å². The number of carbonyl (C=O) groups is 3. The van der Waals surface area contributed by atoms with Gasteiger partial charge in [0, 0.05) is 24.8 Å². The van der Waals surface area contributed by atoms with Crippen LogP contribution in [0.25, 0.3) is 11.1 Å². The molecule has 154 valence electrons. The number of carbonyl (C=O) groups excluding carboxylic acids is 3. The second kappa shape index (κ2) is 7.19. The highest BCUT2D eigenvalue weighted by Crippen LogP contribution is 2.37. The highest BCUT2D eigenvalue weighted by atomic mass is 19.1. The van der Waals surface area contributed by atoms with Crippen molar-refractivity contribution in [1.29, 1.82) is 0 Å². The first-order valence-electron chi connectivity index (χ1n) is 10.1. The number of nitrogens with zero attached hydrogens (tertiary/aromatic N) is 4. The number of aromatic nitrogens is 2. The van der Waals surface area contributed by atoms with Gasteiger partial charge in [-0.25, -0.2) is 4.39 Å². The highest BCUT2D eigenvalue weighted by Gasteiger charge is 2.52. The average molecular weight is 408 g/mol. The Balaban J connectivity index is 1.18. The zero-order chi connectivity index (χ0) is 20.8. The van der Waals surface area contributed by atoms with Crippen LogP contribution in [0.15, 0.2) is 48.8 Å². The van der Waals surface area contributed by atoms with Crippen molar-refractivity contribution >= 4 is 17.7 Å². The molecule has 1 aromatic heterocycles. The summed E-state index contributed by atoms with van der Waals surface area (Å²) in [7, 11) is 0. The number of benzene rings is 1. The average Bonchev–Trinajstić information content (AvgIpc) is 3.26. The van der Waals surface area contributed by atoms with Gasteiger partial charge in [0.2, 0.25) is 17.7 Å². The maximum atomic E-state index is 13.1. The van der Waals surface area contributed by atoms with Crippen molar-refractivity contribution in [3.05, 3.63) is 54.6 Å². The molecule has 2 unspecified atom stereocenters. The monoisotopic (exact) mass is 408 g/mol. The van der Waals surface area contributed by atoms with E-state index in [1.54, 1.807) is 34.1 Å². The van der Waals surface area contributed by atoms with Crippen LogP contribution in [0.2, 0.25) is 0 Å². The first kappa shape index (κ1) is 18.7. The summed E-state index contributed by atoms with van der Waals surface area (Å²) in [5.74, 6) is -1.08. The number of hydrogen-bond donors (Lipinski definition) is 0.